The molecule has 1 aromatic carbocycles. The first-order valence-electron chi connectivity index (χ1n) is 4.85. The van der Waals surface area contributed by atoms with E-state index in [2.05, 4.69) is 0 Å². The van der Waals surface area contributed by atoms with Gasteiger partial charge in [0.1, 0.15) is 0 Å². The molecule has 3 nitrogen and oxygen atoms in total. The van der Waals surface area contributed by atoms with Crippen LogP contribution < -0.4 is 10.5 Å². The van der Waals surface area contributed by atoms with Crippen molar-refractivity contribution >= 4 is 0 Å². The van der Waals surface area contributed by atoms with Crippen LogP contribution in [0.25, 0.3) is 0 Å². The Balaban J connectivity index is 2.25. The van der Waals surface area contributed by atoms with Crippen molar-refractivity contribution in [2.45, 2.75) is 18.9 Å². The fraction of sp³-hybridized carbons (Fsp3) is 0.455. The second-order valence-electron chi connectivity index (χ2n) is 3.79. The highest BCUT2D eigenvalue weighted by Crippen LogP contribution is 2.41. The largest absolute Gasteiger partial charge is 0.504 e. The van der Waals surface area contributed by atoms with E-state index in [1.807, 2.05) is 12.1 Å². The summed E-state index contributed by atoms with van der Waals surface area (Å²) in [5.41, 5.74) is 7.08. The first kappa shape index (κ1) is 9.34. The number of aromatic hydroxyl groups is 1. The van der Waals surface area contributed by atoms with Gasteiger partial charge in [0.15, 0.2) is 11.5 Å². The van der Waals surface area contributed by atoms with E-state index < -0.39 is 0 Å². The van der Waals surface area contributed by atoms with E-state index >= 15 is 0 Å². The van der Waals surface area contributed by atoms with Crippen molar-refractivity contribution in [3.63, 3.8) is 0 Å². The van der Waals surface area contributed by atoms with Crippen LogP contribution >= 0.6 is 0 Å². The lowest BCUT2D eigenvalue weighted by Crippen LogP contribution is -2.12. The van der Waals surface area contributed by atoms with Crippen LogP contribution in [0.3, 0.4) is 0 Å². The molecule has 3 heteroatoms. The fourth-order valence-electron chi connectivity index (χ4n) is 1.63. The van der Waals surface area contributed by atoms with Gasteiger partial charge in [0, 0.05) is 6.04 Å². The Bertz CT molecular complexity index is 334. The molecule has 1 aliphatic carbocycles. The molecule has 0 radical (unpaired) electrons. The van der Waals surface area contributed by atoms with Gasteiger partial charge in [-0.25, -0.2) is 0 Å². The fourth-order valence-corrected chi connectivity index (χ4v) is 1.63. The van der Waals surface area contributed by atoms with Crippen LogP contribution in [-0.2, 0) is 0 Å². The van der Waals surface area contributed by atoms with E-state index in [4.69, 9.17) is 10.5 Å². The lowest BCUT2D eigenvalue weighted by Gasteiger charge is -2.12. The van der Waals surface area contributed by atoms with Gasteiger partial charge in [-0.05, 0) is 36.5 Å². The van der Waals surface area contributed by atoms with Crippen LogP contribution in [0.1, 0.15) is 24.4 Å². The molecule has 14 heavy (non-hydrogen) atoms. The normalized spacial score (nSPS) is 17.9. The maximum Gasteiger partial charge on any atom is 0.160 e. The number of phenols is 1. The Hall–Kier alpha value is -1.22. The number of hydrogen-bond acceptors (Lipinski definition) is 3. The second-order valence-corrected chi connectivity index (χ2v) is 3.79. The summed E-state index contributed by atoms with van der Waals surface area (Å²) in [6, 6.07) is 5.40. The summed E-state index contributed by atoms with van der Waals surface area (Å²) in [6.07, 6.45) is 2.43. The number of methoxy groups -OCH3 is 1. The molecule has 1 atom stereocenters. The molecule has 0 aliphatic heterocycles. The van der Waals surface area contributed by atoms with Crippen LogP contribution in [0, 0.1) is 5.92 Å². The van der Waals surface area contributed by atoms with Crippen molar-refractivity contribution in [2.75, 3.05) is 7.11 Å². The number of nitrogens with two attached hydrogens (primary N) is 1. The van der Waals surface area contributed by atoms with Gasteiger partial charge in [0.25, 0.3) is 0 Å². The number of benzene rings is 1. The van der Waals surface area contributed by atoms with Crippen molar-refractivity contribution in [1.82, 2.24) is 0 Å². The molecule has 2 rings (SSSR count). The molecule has 0 heterocycles. The number of ether oxygens (including phenoxy) is 1. The van der Waals surface area contributed by atoms with Crippen LogP contribution in [0.4, 0.5) is 0 Å². The molecule has 1 aliphatic rings. The predicted molar refractivity (Wildman–Crippen MR) is 54.3 cm³/mol. The van der Waals surface area contributed by atoms with E-state index in [-0.39, 0.29) is 11.8 Å². The zero-order chi connectivity index (χ0) is 10.1. The SMILES string of the molecule is COc1cc(C(N)C2CC2)ccc1O. The molecular weight excluding hydrogens is 178 g/mol. The summed E-state index contributed by atoms with van der Waals surface area (Å²) in [5.74, 6) is 1.28. The summed E-state index contributed by atoms with van der Waals surface area (Å²) in [7, 11) is 1.54. The first-order valence-corrected chi connectivity index (χ1v) is 4.85. The van der Waals surface area contributed by atoms with Crippen molar-refractivity contribution in [3.05, 3.63) is 23.8 Å². The van der Waals surface area contributed by atoms with E-state index in [1.54, 1.807) is 13.2 Å². The summed E-state index contributed by atoms with van der Waals surface area (Å²) >= 11 is 0. The van der Waals surface area contributed by atoms with Crippen molar-refractivity contribution in [1.29, 1.82) is 0 Å². The Labute approximate surface area is 83.5 Å². The topological polar surface area (TPSA) is 55.5 Å². The summed E-state index contributed by atoms with van der Waals surface area (Å²) in [6.45, 7) is 0. The highest BCUT2D eigenvalue weighted by Gasteiger charge is 2.29. The summed E-state index contributed by atoms with van der Waals surface area (Å²) in [4.78, 5) is 0. The summed E-state index contributed by atoms with van der Waals surface area (Å²) < 4.78 is 5.03. The second kappa shape index (κ2) is 3.50. The van der Waals surface area contributed by atoms with Gasteiger partial charge in [0.2, 0.25) is 0 Å². The Morgan fingerprint density at radius 3 is 2.79 bits per heavy atom. The third-order valence-electron chi connectivity index (χ3n) is 2.72. The highest BCUT2D eigenvalue weighted by molar-refractivity contribution is 5.42. The van der Waals surface area contributed by atoms with Crippen molar-refractivity contribution in [2.24, 2.45) is 11.7 Å². The van der Waals surface area contributed by atoms with E-state index in [1.165, 1.54) is 12.8 Å². The molecule has 0 amide bonds. The molecule has 1 saturated carbocycles. The summed E-state index contributed by atoms with van der Waals surface area (Å²) in [5, 5.41) is 9.41. The zero-order valence-corrected chi connectivity index (χ0v) is 8.23. The standard InChI is InChI=1S/C11H15NO2/c1-14-10-6-8(4-5-9(10)13)11(12)7-2-3-7/h4-7,11,13H,2-3,12H2,1H3. The van der Waals surface area contributed by atoms with E-state index in [0.29, 0.717) is 11.7 Å². The molecule has 0 spiro atoms. The maximum absolute atomic E-state index is 9.41. The quantitative estimate of drug-likeness (QED) is 0.769. The molecule has 0 bridgehead atoms. The van der Waals surface area contributed by atoms with Gasteiger partial charge in [0.05, 0.1) is 7.11 Å². The van der Waals surface area contributed by atoms with Gasteiger partial charge in [-0.3, -0.25) is 0 Å². The molecular formula is C11H15NO2. The van der Waals surface area contributed by atoms with Crippen molar-refractivity contribution in [3.8, 4) is 11.5 Å². The maximum atomic E-state index is 9.41. The van der Waals surface area contributed by atoms with Gasteiger partial charge >= 0.3 is 0 Å². The smallest absolute Gasteiger partial charge is 0.160 e. The highest BCUT2D eigenvalue weighted by atomic mass is 16.5. The number of rotatable bonds is 3. The lowest BCUT2D eigenvalue weighted by molar-refractivity contribution is 0.372. The van der Waals surface area contributed by atoms with Crippen LogP contribution in [-0.4, -0.2) is 12.2 Å². The van der Waals surface area contributed by atoms with Gasteiger partial charge in [-0.15, -0.1) is 0 Å². The lowest BCUT2D eigenvalue weighted by atomic mass is 10.0. The molecule has 1 unspecified atom stereocenters. The Morgan fingerprint density at radius 1 is 1.50 bits per heavy atom. The van der Waals surface area contributed by atoms with E-state index in [9.17, 15) is 5.11 Å². The van der Waals surface area contributed by atoms with Crippen LogP contribution in [0.15, 0.2) is 18.2 Å². The molecule has 1 aromatic rings. The third-order valence-corrected chi connectivity index (χ3v) is 2.72. The molecule has 0 saturated heterocycles. The van der Waals surface area contributed by atoms with Gasteiger partial charge < -0.3 is 15.6 Å². The Morgan fingerprint density at radius 2 is 2.21 bits per heavy atom. The molecule has 0 aromatic heterocycles. The van der Waals surface area contributed by atoms with Crippen LogP contribution in [0.2, 0.25) is 0 Å². The molecule has 1 fully saturated rings. The predicted octanol–water partition coefficient (Wildman–Crippen LogP) is 1.81. The van der Waals surface area contributed by atoms with Crippen molar-refractivity contribution < 1.29 is 9.84 Å². The van der Waals surface area contributed by atoms with Gasteiger partial charge in [-0.2, -0.15) is 0 Å². The average Bonchev–Trinajstić information content (AvgIpc) is 3.01. The molecule has 3 N–H and O–H groups in total. The minimum Gasteiger partial charge on any atom is -0.504 e. The van der Waals surface area contributed by atoms with Gasteiger partial charge in [-0.1, -0.05) is 6.07 Å². The number of phenolic OH excluding ortho intramolecular Hbond substituents is 1. The third kappa shape index (κ3) is 1.68. The molecule has 76 valence electrons. The Kier molecular flexibility index (Phi) is 2.33. The first-order chi connectivity index (χ1) is 6.72. The van der Waals surface area contributed by atoms with E-state index in [0.717, 1.165) is 5.56 Å². The monoisotopic (exact) mass is 193 g/mol. The number of hydrogen-bond donors (Lipinski definition) is 2. The zero-order valence-electron chi connectivity index (χ0n) is 8.23. The van der Waals surface area contributed by atoms with Crippen LogP contribution in [0.5, 0.6) is 11.5 Å². The average molecular weight is 193 g/mol. The minimum absolute atomic E-state index is 0.0875. The minimum atomic E-state index is 0.0875.